The van der Waals surface area contributed by atoms with Crippen LogP contribution in [-0.2, 0) is 0 Å². The van der Waals surface area contributed by atoms with E-state index in [-0.39, 0.29) is 23.2 Å². The minimum atomic E-state index is -0.119. The van der Waals surface area contributed by atoms with Gasteiger partial charge in [0.1, 0.15) is 11.5 Å². The van der Waals surface area contributed by atoms with Gasteiger partial charge in [0.15, 0.2) is 5.78 Å². The van der Waals surface area contributed by atoms with Crippen molar-refractivity contribution in [3.05, 3.63) is 23.8 Å². The van der Waals surface area contributed by atoms with E-state index in [1.165, 1.54) is 18.2 Å². The van der Waals surface area contributed by atoms with E-state index in [1.54, 1.807) is 0 Å². The molecule has 1 aliphatic carbocycles. The van der Waals surface area contributed by atoms with Crippen LogP contribution >= 0.6 is 0 Å². The topological polar surface area (TPSA) is 57.5 Å². The van der Waals surface area contributed by atoms with E-state index in [9.17, 15) is 9.90 Å². The van der Waals surface area contributed by atoms with Gasteiger partial charge in [-0.2, -0.15) is 0 Å². The summed E-state index contributed by atoms with van der Waals surface area (Å²) in [5.74, 6) is -0.0761. The maximum Gasteiger partial charge on any atom is 0.169 e. The molecule has 0 unspecified atom stereocenters. The summed E-state index contributed by atoms with van der Waals surface area (Å²) >= 11 is 0. The normalized spacial score (nSPS) is 16.8. The van der Waals surface area contributed by atoms with Gasteiger partial charge < -0.3 is 10.2 Å². The van der Waals surface area contributed by atoms with Crippen LogP contribution in [-0.4, -0.2) is 16.0 Å². The lowest BCUT2D eigenvalue weighted by Crippen LogP contribution is -2.10. The molecule has 2 rings (SSSR count). The van der Waals surface area contributed by atoms with Crippen LogP contribution in [0.2, 0.25) is 0 Å². The molecule has 0 radical (unpaired) electrons. The summed E-state index contributed by atoms with van der Waals surface area (Å²) < 4.78 is 0. The first-order valence-electron chi connectivity index (χ1n) is 5.24. The Morgan fingerprint density at radius 2 is 1.87 bits per heavy atom. The Hall–Kier alpha value is -1.51. The summed E-state index contributed by atoms with van der Waals surface area (Å²) in [5.41, 5.74) is 0.333. The molecule has 15 heavy (non-hydrogen) atoms. The Labute approximate surface area is 88.4 Å². The summed E-state index contributed by atoms with van der Waals surface area (Å²) in [5, 5.41) is 18.7. The first-order chi connectivity index (χ1) is 7.18. The molecule has 0 bridgehead atoms. The van der Waals surface area contributed by atoms with Crippen LogP contribution in [0, 0.1) is 5.92 Å². The second-order valence-corrected chi connectivity index (χ2v) is 4.05. The van der Waals surface area contributed by atoms with Crippen molar-refractivity contribution in [3.63, 3.8) is 0 Å². The van der Waals surface area contributed by atoms with E-state index in [2.05, 4.69) is 0 Å². The highest BCUT2D eigenvalue weighted by atomic mass is 16.3. The van der Waals surface area contributed by atoms with E-state index in [0.717, 1.165) is 25.7 Å². The van der Waals surface area contributed by atoms with Gasteiger partial charge in [0.25, 0.3) is 0 Å². The molecule has 0 spiro atoms. The van der Waals surface area contributed by atoms with Gasteiger partial charge in [-0.25, -0.2) is 0 Å². The molecule has 80 valence electrons. The Morgan fingerprint density at radius 3 is 2.47 bits per heavy atom. The zero-order chi connectivity index (χ0) is 10.8. The lowest BCUT2D eigenvalue weighted by molar-refractivity contribution is 0.0920. The van der Waals surface area contributed by atoms with Crippen LogP contribution in [0.4, 0.5) is 0 Å². The number of aromatic hydroxyl groups is 2. The van der Waals surface area contributed by atoms with E-state index < -0.39 is 0 Å². The van der Waals surface area contributed by atoms with Gasteiger partial charge in [-0.05, 0) is 25.0 Å². The summed E-state index contributed by atoms with van der Waals surface area (Å²) in [7, 11) is 0. The lowest BCUT2D eigenvalue weighted by atomic mass is 9.95. The predicted molar refractivity (Wildman–Crippen MR) is 56.1 cm³/mol. The monoisotopic (exact) mass is 206 g/mol. The van der Waals surface area contributed by atoms with Gasteiger partial charge in [0.05, 0.1) is 5.56 Å². The highest BCUT2D eigenvalue weighted by Crippen LogP contribution is 2.32. The van der Waals surface area contributed by atoms with E-state index in [0.29, 0.717) is 5.56 Å². The first kappa shape index (κ1) is 10.0. The zero-order valence-electron chi connectivity index (χ0n) is 8.44. The molecular weight excluding hydrogens is 192 g/mol. The van der Waals surface area contributed by atoms with E-state index >= 15 is 0 Å². The van der Waals surface area contributed by atoms with Crippen molar-refractivity contribution in [2.45, 2.75) is 25.7 Å². The first-order valence-corrected chi connectivity index (χ1v) is 5.24. The second kappa shape index (κ2) is 3.93. The highest BCUT2D eigenvalue weighted by molar-refractivity contribution is 6.00. The van der Waals surface area contributed by atoms with Gasteiger partial charge >= 0.3 is 0 Å². The Bertz CT molecular complexity index is 378. The molecule has 1 saturated carbocycles. The molecule has 0 atom stereocenters. The van der Waals surface area contributed by atoms with Crippen molar-refractivity contribution in [1.82, 2.24) is 0 Å². The maximum absolute atomic E-state index is 11.9. The standard InChI is InChI=1S/C12H14O3/c13-9-5-6-10(11(14)7-9)12(15)8-3-1-2-4-8/h5-8,13-14H,1-4H2. The summed E-state index contributed by atoms with van der Waals surface area (Å²) in [4.78, 5) is 11.9. The number of phenolic OH excluding ortho intramolecular Hbond substituents is 2. The third kappa shape index (κ3) is 1.96. The third-order valence-electron chi connectivity index (χ3n) is 2.97. The fourth-order valence-electron chi connectivity index (χ4n) is 2.14. The molecule has 2 N–H and O–H groups in total. The number of hydrogen-bond donors (Lipinski definition) is 2. The van der Waals surface area contributed by atoms with Gasteiger partial charge in [-0.1, -0.05) is 12.8 Å². The van der Waals surface area contributed by atoms with Gasteiger partial charge in [0.2, 0.25) is 0 Å². The van der Waals surface area contributed by atoms with Crippen molar-refractivity contribution in [2.24, 2.45) is 5.92 Å². The minimum Gasteiger partial charge on any atom is -0.508 e. The van der Waals surface area contributed by atoms with Crippen molar-refractivity contribution < 1.29 is 15.0 Å². The highest BCUT2D eigenvalue weighted by Gasteiger charge is 2.25. The van der Waals surface area contributed by atoms with Crippen LogP contribution < -0.4 is 0 Å². The molecule has 0 saturated heterocycles. The third-order valence-corrected chi connectivity index (χ3v) is 2.97. The lowest BCUT2D eigenvalue weighted by Gasteiger charge is -2.09. The molecule has 0 aliphatic heterocycles. The number of carbonyl (C=O) groups excluding carboxylic acids is 1. The number of carbonyl (C=O) groups is 1. The molecular formula is C12H14O3. The predicted octanol–water partition coefficient (Wildman–Crippen LogP) is 2.47. The molecule has 0 aromatic heterocycles. The van der Waals surface area contributed by atoms with Crippen LogP contribution in [0.1, 0.15) is 36.0 Å². The van der Waals surface area contributed by atoms with Gasteiger partial charge in [-0.15, -0.1) is 0 Å². The zero-order valence-corrected chi connectivity index (χ0v) is 8.44. The summed E-state index contributed by atoms with van der Waals surface area (Å²) in [6.07, 6.45) is 4.02. The van der Waals surface area contributed by atoms with E-state index in [4.69, 9.17) is 5.11 Å². The Morgan fingerprint density at radius 1 is 1.20 bits per heavy atom. The molecule has 3 nitrogen and oxygen atoms in total. The molecule has 1 aromatic carbocycles. The fourth-order valence-corrected chi connectivity index (χ4v) is 2.14. The molecule has 1 aromatic rings. The van der Waals surface area contributed by atoms with Crippen LogP contribution in [0.15, 0.2) is 18.2 Å². The molecule has 0 amide bonds. The number of ketones is 1. The number of rotatable bonds is 2. The summed E-state index contributed by atoms with van der Waals surface area (Å²) in [6.45, 7) is 0. The quantitative estimate of drug-likeness (QED) is 0.731. The van der Waals surface area contributed by atoms with Crippen molar-refractivity contribution in [2.75, 3.05) is 0 Å². The second-order valence-electron chi connectivity index (χ2n) is 4.05. The SMILES string of the molecule is O=C(c1ccc(O)cc1O)C1CCCC1. The minimum absolute atomic E-state index is 0.00463. The average molecular weight is 206 g/mol. The number of Topliss-reactive ketones (excluding diaryl/α,β-unsaturated/α-hetero) is 1. The van der Waals surface area contributed by atoms with Gasteiger partial charge in [-0.3, -0.25) is 4.79 Å². The number of hydrogen-bond acceptors (Lipinski definition) is 3. The maximum atomic E-state index is 11.9. The molecule has 3 heteroatoms. The Balaban J connectivity index is 2.24. The largest absolute Gasteiger partial charge is 0.508 e. The smallest absolute Gasteiger partial charge is 0.169 e. The number of phenols is 2. The summed E-state index contributed by atoms with van der Waals surface area (Å²) in [6, 6.07) is 4.13. The van der Waals surface area contributed by atoms with Crippen LogP contribution in [0.5, 0.6) is 11.5 Å². The molecule has 1 fully saturated rings. The Kier molecular flexibility index (Phi) is 2.62. The average Bonchev–Trinajstić information content (AvgIpc) is 2.69. The fraction of sp³-hybridized carbons (Fsp3) is 0.417. The van der Waals surface area contributed by atoms with Gasteiger partial charge in [0, 0.05) is 12.0 Å². The van der Waals surface area contributed by atoms with Crippen LogP contribution in [0.3, 0.4) is 0 Å². The number of benzene rings is 1. The van der Waals surface area contributed by atoms with Crippen molar-refractivity contribution in [1.29, 1.82) is 0 Å². The van der Waals surface area contributed by atoms with Crippen molar-refractivity contribution in [3.8, 4) is 11.5 Å². The van der Waals surface area contributed by atoms with E-state index in [1.807, 2.05) is 0 Å². The van der Waals surface area contributed by atoms with Crippen molar-refractivity contribution >= 4 is 5.78 Å². The van der Waals surface area contributed by atoms with Crippen LogP contribution in [0.25, 0.3) is 0 Å². The molecule has 1 aliphatic rings. The molecule has 0 heterocycles.